The molecule has 2 heterocycles. The molecular weight excluding hydrogens is 176 g/mol. The van der Waals surface area contributed by atoms with Gasteiger partial charge in [-0.25, -0.2) is 0 Å². The van der Waals surface area contributed by atoms with E-state index in [0.717, 1.165) is 17.0 Å². The van der Waals surface area contributed by atoms with Gasteiger partial charge in [-0.05, 0) is 19.1 Å². The third-order valence-corrected chi connectivity index (χ3v) is 2.04. The van der Waals surface area contributed by atoms with Gasteiger partial charge in [0.25, 0.3) is 0 Å². The fraction of sp³-hybridized carbons (Fsp3) is 0.200. The zero-order valence-electron chi connectivity index (χ0n) is 8.15. The summed E-state index contributed by atoms with van der Waals surface area (Å²) in [7, 11) is 1.83. The molecule has 0 bridgehead atoms. The van der Waals surface area contributed by atoms with E-state index in [2.05, 4.69) is 16.3 Å². The Morgan fingerprint density at radius 1 is 1.43 bits per heavy atom. The first-order valence-electron chi connectivity index (χ1n) is 4.31. The molecule has 0 aliphatic carbocycles. The molecule has 71 valence electrons. The monoisotopic (exact) mass is 187 g/mol. The molecule has 0 saturated heterocycles. The molecule has 0 spiro atoms. The molecule has 0 unspecified atom stereocenters. The Labute approximate surface area is 82.4 Å². The minimum atomic E-state index is 0.706. The summed E-state index contributed by atoms with van der Waals surface area (Å²) in [6.45, 7) is 1.88. The minimum absolute atomic E-state index is 0.706. The zero-order chi connectivity index (χ0) is 10.1. The maximum atomic E-state index is 5.68. The molecular formula is C10H11N4. The summed E-state index contributed by atoms with van der Waals surface area (Å²) in [6, 6.07) is 3.72. The van der Waals surface area contributed by atoms with Gasteiger partial charge in [-0.15, -0.1) is 0 Å². The summed E-state index contributed by atoms with van der Waals surface area (Å²) in [5.41, 5.74) is 8.95. The number of nitrogens with zero attached hydrogens (tertiary/aromatic N) is 3. The number of aromatic nitrogens is 3. The predicted molar refractivity (Wildman–Crippen MR) is 54.4 cm³/mol. The predicted octanol–water partition coefficient (Wildman–Crippen LogP) is 1.17. The van der Waals surface area contributed by atoms with Gasteiger partial charge in [-0.2, -0.15) is 5.10 Å². The van der Waals surface area contributed by atoms with Crippen LogP contribution in [0.15, 0.2) is 18.3 Å². The summed E-state index contributed by atoms with van der Waals surface area (Å²) in [5, 5.41) is 4.03. The maximum Gasteiger partial charge on any atom is 0.0961 e. The summed E-state index contributed by atoms with van der Waals surface area (Å²) in [5.74, 6) is 0. The molecule has 1 radical (unpaired) electrons. The van der Waals surface area contributed by atoms with Gasteiger partial charge in [0.15, 0.2) is 0 Å². The smallest absolute Gasteiger partial charge is 0.0961 e. The first kappa shape index (κ1) is 8.74. The largest absolute Gasteiger partial charge is 0.397 e. The quantitative estimate of drug-likeness (QED) is 0.729. The molecule has 0 atom stereocenters. The first-order chi connectivity index (χ1) is 6.66. The number of hydrogen-bond acceptors (Lipinski definition) is 3. The lowest BCUT2D eigenvalue weighted by Crippen LogP contribution is -1.93. The van der Waals surface area contributed by atoms with Crippen LogP contribution in [0.2, 0.25) is 0 Å². The van der Waals surface area contributed by atoms with E-state index in [4.69, 9.17) is 5.73 Å². The number of nitrogen functional groups attached to an aromatic ring is 1. The van der Waals surface area contributed by atoms with Crippen LogP contribution in [-0.4, -0.2) is 14.8 Å². The van der Waals surface area contributed by atoms with Crippen LogP contribution in [0.1, 0.15) is 5.69 Å². The Morgan fingerprint density at radius 3 is 2.79 bits per heavy atom. The Bertz CT molecular complexity index is 459. The first-order valence-corrected chi connectivity index (χ1v) is 4.31. The van der Waals surface area contributed by atoms with Gasteiger partial charge in [0.1, 0.15) is 0 Å². The molecule has 0 saturated carbocycles. The average molecular weight is 187 g/mol. The summed E-state index contributed by atoms with van der Waals surface area (Å²) < 4.78 is 1.63. The Morgan fingerprint density at radius 2 is 2.21 bits per heavy atom. The molecule has 4 nitrogen and oxygen atoms in total. The van der Waals surface area contributed by atoms with E-state index in [0.29, 0.717) is 5.69 Å². The topological polar surface area (TPSA) is 56.7 Å². The van der Waals surface area contributed by atoms with Gasteiger partial charge in [0.2, 0.25) is 0 Å². The fourth-order valence-electron chi connectivity index (χ4n) is 1.22. The normalized spacial score (nSPS) is 10.4. The van der Waals surface area contributed by atoms with Crippen molar-refractivity contribution in [3.63, 3.8) is 0 Å². The average Bonchev–Trinajstić information content (AvgIpc) is 2.57. The standard InChI is InChI=1S/C10H11N4/c1-7-9(11)3-4-10(13-7)8-5-12-14(2)6-8/h3-5H,11H2,1-2H3. The van der Waals surface area contributed by atoms with Crippen LogP contribution in [0.25, 0.3) is 11.3 Å². The lowest BCUT2D eigenvalue weighted by molar-refractivity contribution is 0.762. The number of hydrogen-bond donors (Lipinski definition) is 1. The molecule has 0 aromatic carbocycles. The SMILES string of the molecule is Cc1nc(-c2[c]n(C)nc2)ccc1N. The van der Waals surface area contributed by atoms with Crippen molar-refractivity contribution in [2.75, 3.05) is 5.73 Å². The Kier molecular flexibility index (Phi) is 1.96. The Hall–Kier alpha value is -1.84. The summed E-state index contributed by atoms with van der Waals surface area (Å²) >= 11 is 0. The molecule has 2 aromatic heterocycles. The number of nitrogens with two attached hydrogens (primary N) is 1. The minimum Gasteiger partial charge on any atom is -0.397 e. The second kappa shape index (κ2) is 3.14. The second-order valence-corrected chi connectivity index (χ2v) is 3.16. The lowest BCUT2D eigenvalue weighted by Gasteiger charge is -2.00. The highest BCUT2D eigenvalue weighted by molar-refractivity contribution is 5.59. The van der Waals surface area contributed by atoms with Crippen LogP contribution in [0, 0.1) is 13.1 Å². The van der Waals surface area contributed by atoms with Crippen molar-refractivity contribution in [2.45, 2.75) is 6.92 Å². The molecule has 0 amide bonds. The van der Waals surface area contributed by atoms with Gasteiger partial charge < -0.3 is 5.73 Å². The van der Waals surface area contributed by atoms with Gasteiger partial charge in [-0.1, -0.05) is 0 Å². The molecule has 0 aliphatic rings. The van der Waals surface area contributed by atoms with Crippen molar-refractivity contribution in [3.8, 4) is 11.3 Å². The van der Waals surface area contributed by atoms with E-state index in [1.54, 1.807) is 10.9 Å². The van der Waals surface area contributed by atoms with Crippen LogP contribution in [0.3, 0.4) is 0 Å². The molecule has 4 heteroatoms. The lowest BCUT2D eigenvalue weighted by atomic mass is 10.2. The van der Waals surface area contributed by atoms with E-state index < -0.39 is 0 Å². The third-order valence-electron chi connectivity index (χ3n) is 2.04. The van der Waals surface area contributed by atoms with Crippen LogP contribution >= 0.6 is 0 Å². The molecule has 2 aromatic rings. The van der Waals surface area contributed by atoms with Crippen molar-refractivity contribution in [3.05, 3.63) is 30.2 Å². The van der Waals surface area contributed by atoms with Gasteiger partial charge in [-0.3, -0.25) is 9.67 Å². The van der Waals surface area contributed by atoms with Crippen molar-refractivity contribution in [1.29, 1.82) is 0 Å². The molecule has 2 rings (SSSR count). The highest BCUT2D eigenvalue weighted by Crippen LogP contribution is 2.18. The van der Waals surface area contributed by atoms with Gasteiger partial charge >= 0.3 is 0 Å². The summed E-state index contributed by atoms with van der Waals surface area (Å²) in [6.07, 6.45) is 4.78. The number of aryl methyl sites for hydroxylation is 2. The fourth-order valence-corrected chi connectivity index (χ4v) is 1.22. The Balaban J connectivity index is 2.47. The molecule has 0 aliphatic heterocycles. The molecule has 0 fully saturated rings. The number of anilines is 1. The van der Waals surface area contributed by atoms with E-state index in [1.807, 2.05) is 26.1 Å². The van der Waals surface area contributed by atoms with Crippen molar-refractivity contribution in [1.82, 2.24) is 14.8 Å². The number of rotatable bonds is 1. The van der Waals surface area contributed by atoms with Crippen molar-refractivity contribution < 1.29 is 0 Å². The van der Waals surface area contributed by atoms with Crippen LogP contribution in [0.5, 0.6) is 0 Å². The van der Waals surface area contributed by atoms with Gasteiger partial charge in [0.05, 0.1) is 29.5 Å². The molecule has 2 N–H and O–H groups in total. The highest BCUT2D eigenvalue weighted by Gasteiger charge is 2.03. The van der Waals surface area contributed by atoms with E-state index in [1.165, 1.54) is 0 Å². The van der Waals surface area contributed by atoms with E-state index >= 15 is 0 Å². The van der Waals surface area contributed by atoms with Crippen LogP contribution < -0.4 is 5.73 Å². The number of pyridine rings is 1. The zero-order valence-corrected chi connectivity index (χ0v) is 8.15. The van der Waals surface area contributed by atoms with E-state index in [9.17, 15) is 0 Å². The highest BCUT2D eigenvalue weighted by atomic mass is 15.2. The van der Waals surface area contributed by atoms with Crippen molar-refractivity contribution in [2.24, 2.45) is 7.05 Å². The molecule has 14 heavy (non-hydrogen) atoms. The third kappa shape index (κ3) is 1.46. The van der Waals surface area contributed by atoms with Crippen LogP contribution in [0.4, 0.5) is 5.69 Å². The van der Waals surface area contributed by atoms with Crippen LogP contribution in [-0.2, 0) is 7.05 Å². The van der Waals surface area contributed by atoms with E-state index in [-0.39, 0.29) is 0 Å². The summed E-state index contributed by atoms with van der Waals surface area (Å²) in [4.78, 5) is 4.35. The van der Waals surface area contributed by atoms with Gasteiger partial charge in [0, 0.05) is 12.6 Å². The maximum absolute atomic E-state index is 5.68. The van der Waals surface area contributed by atoms with Crippen molar-refractivity contribution >= 4 is 5.69 Å². The second-order valence-electron chi connectivity index (χ2n) is 3.16.